The minimum absolute atomic E-state index is 0.00201. The summed E-state index contributed by atoms with van der Waals surface area (Å²) in [5.41, 5.74) is 21.1. The van der Waals surface area contributed by atoms with E-state index in [0.29, 0.717) is 0 Å². The van der Waals surface area contributed by atoms with Gasteiger partial charge < -0.3 is 9.32 Å². The Labute approximate surface area is 344 Å². The molecule has 0 unspecified atom stereocenters. The van der Waals surface area contributed by atoms with Gasteiger partial charge in [0.05, 0.1) is 0 Å². The second kappa shape index (κ2) is 12.3. The van der Waals surface area contributed by atoms with Gasteiger partial charge >= 0.3 is 0 Å². The Kier molecular flexibility index (Phi) is 7.75. The molecule has 2 aliphatic carbocycles. The Balaban J connectivity index is 1.19. The minimum atomic E-state index is -0.139. The van der Waals surface area contributed by atoms with Crippen molar-refractivity contribution in [1.82, 2.24) is 0 Å². The first-order chi connectivity index (χ1) is 27.5. The van der Waals surface area contributed by atoms with Crippen LogP contribution in [0.2, 0.25) is 0 Å². The predicted molar refractivity (Wildman–Crippen MR) is 246 cm³/mol. The first-order valence-corrected chi connectivity index (χ1v) is 20.9. The summed E-state index contributed by atoms with van der Waals surface area (Å²) < 4.78 is 6.50. The van der Waals surface area contributed by atoms with Crippen molar-refractivity contribution < 1.29 is 4.42 Å². The van der Waals surface area contributed by atoms with Crippen molar-refractivity contribution in [2.24, 2.45) is 0 Å². The first-order valence-electron chi connectivity index (χ1n) is 20.9. The number of benzene rings is 7. The van der Waals surface area contributed by atoms with E-state index in [0.717, 1.165) is 39.0 Å². The quantitative estimate of drug-likeness (QED) is 0.178. The molecule has 0 saturated carbocycles. The summed E-state index contributed by atoms with van der Waals surface area (Å²) in [6.45, 7) is 23.7. The lowest BCUT2D eigenvalue weighted by Gasteiger charge is -2.32. The van der Waals surface area contributed by atoms with E-state index in [9.17, 15) is 0 Å². The second-order valence-corrected chi connectivity index (χ2v) is 19.9. The largest absolute Gasteiger partial charge is 0.456 e. The summed E-state index contributed by atoms with van der Waals surface area (Å²) in [7, 11) is 0. The van der Waals surface area contributed by atoms with Crippen LogP contribution in [0.5, 0.6) is 0 Å². The standard InChI is InChI=1S/C56H53NO/c1-53(2,3)35-30-44-51-39(21-16-23-46(51)56(9,10)52(44)48(31-35)54(4,5)6)34-17-15-18-36(29-34)57(38-26-28-43-42-20-12-14-24-49(42)58-50(43)33-38)37-25-27-41-40-19-11-13-22-45(40)55(7,8)47(41)32-37/h11-33H,1-10H3. The lowest BCUT2D eigenvalue weighted by molar-refractivity contribution is 0.545. The Morgan fingerprint density at radius 2 is 1.09 bits per heavy atom. The van der Waals surface area contributed by atoms with Crippen LogP contribution in [0.1, 0.15) is 103 Å². The van der Waals surface area contributed by atoms with Gasteiger partial charge in [0.2, 0.25) is 0 Å². The average molecular weight is 756 g/mol. The fourth-order valence-corrected chi connectivity index (χ4v) is 10.2. The second-order valence-electron chi connectivity index (χ2n) is 19.9. The van der Waals surface area contributed by atoms with Crippen LogP contribution in [0, 0.1) is 0 Å². The molecule has 0 amide bonds. The topological polar surface area (TPSA) is 16.4 Å². The molecule has 0 saturated heterocycles. The van der Waals surface area contributed by atoms with Crippen LogP contribution in [-0.2, 0) is 21.7 Å². The highest BCUT2D eigenvalue weighted by molar-refractivity contribution is 6.06. The van der Waals surface area contributed by atoms with Gasteiger partial charge in [0, 0.05) is 44.7 Å². The molecule has 0 N–H and O–H groups in total. The van der Waals surface area contributed by atoms with Crippen LogP contribution in [0.3, 0.4) is 0 Å². The van der Waals surface area contributed by atoms with Crippen LogP contribution < -0.4 is 4.90 Å². The molecule has 0 fully saturated rings. The maximum Gasteiger partial charge on any atom is 0.137 e. The van der Waals surface area contributed by atoms with E-state index in [-0.39, 0.29) is 21.7 Å². The Morgan fingerprint density at radius 3 is 1.88 bits per heavy atom. The number of fused-ring (bicyclic) bond motifs is 9. The summed E-state index contributed by atoms with van der Waals surface area (Å²) in [5, 5.41) is 2.27. The van der Waals surface area contributed by atoms with Crippen molar-refractivity contribution in [3.63, 3.8) is 0 Å². The molecule has 0 bridgehead atoms. The Morgan fingerprint density at radius 1 is 0.448 bits per heavy atom. The zero-order valence-electron chi connectivity index (χ0n) is 35.6. The number of rotatable bonds is 4. The molecular weight excluding hydrogens is 703 g/mol. The maximum atomic E-state index is 6.50. The van der Waals surface area contributed by atoms with E-state index in [1.807, 2.05) is 6.07 Å². The fourth-order valence-electron chi connectivity index (χ4n) is 10.2. The number of hydrogen-bond acceptors (Lipinski definition) is 2. The molecule has 7 aromatic carbocycles. The summed E-state index contributed by atoms with van der Waals surface area (Å²) in [5.74, 6) is 0. The van der Waals surface area contributed by atoms with Crippen LogP contribution in [0.25, 0.3) is 55.3 Å². The molecule has 0 spiro atoms. The predicted octanol–water partition coefficient (Wildman–Crippen LogP) is 15.9. The number of anilines is 3. The third kappa shape index (κ3) is 5.37. The van der Waals surface area contributed by atoms with Gasteiger partial charge in [-0.05, 0) is 120 Å². The number of para-hydroxylation sites is 1. The number of furan rings is 1. The monoisotopic (exact) mass is 755 g/mol. The van der Waals surface area contributed by atoms with Gasteiger partial charge in [-0.15, -0.1) is 0 Å². The van der Waals surface area contributed by atoms with E-state index in [1.165, 1.54) is 66.8 Å². The van der Waals surface area contributed by atoms with Crippen molar-refractivity contribution in [3.05, 3.63) is 173 Å². The third-order valence-electron chi connectivity index (χ3n) is 13.3. The summed E-state index contributed by atoms with van der Waals surface area (Å²) >= 11 is 0. The van der Waals surface area contributed by atoms with Gasteiger partial charge in [0.1, 0.15) is 11.2 Å². The van der Waals surface area contributed by atoms with Crippen molar-refractivity contribution >= 4 is 39.0 Å². The van der Waals surface area contributed by atoms with Crippen molar-refractivity contribution in [2.45, 2.75) is 90.9 Å². The van der Waals surface area contributed by atoms with Crippen molar-refractivity contribution in [3.8, 4) is 33.4 Å². The molecule has 10 rings (SSSR count). The summed E-state index contributed by atoms with van der Waals surface area (Å²) in [6, 6.07) is 52.1. The Hall–Kier alpha value is -5.86. The first kappa shape index (κ1) is 36.5. The average Bonchev–Trinajstić information content (AvgIpc) is 3.76. The van der Waals surface area contributed by atoms with E-state index in [4.69, 9.17) is 4.42 Å². The SMILES string of the molecule is CC(C)(C)c1cc2c(c(C(C)(C)C)c1)C(C)(C)c1cccc(-c3cccc(N(c4ccc5c(c4)C(C)(C)c4ccccc4-5)c4ccc5c(c4)oc4ccccc45)c3)c1-2. The Bertz CT molecular complexity index is 2970. The molecule has 0 radical (unpaired) electrons. The number of nitrogens with zero attached hydrogens (tertiary/aromatic N) is 1. The van der Waals surface area contributed by atoms with Gasteiger partial charge in [0.15, 0.2) is 0 Å². The van der Waals surface area contributed by atoms with Gasteiger partial charge in [0.25, 0.3) is 0 Å². The molecule has 1 heterocycles. The molecular formula is C56H53NO. The molecule has 288 valence electrons. The summed E-state index contributed by atoms with van der Waals surface area (Å²) in [4.78, 5) is 2.42. The molecule has 0 atom stereocenters. The molecule has 1 aromatic heterocycles. The van der Waals surface area contributed by atoms with E-state index in [2.05, 4.69) is 208 Å². The highest BCUT2D eigenvalue weighted by atomic mass is 16.3. The van der Waals surface area contributed by atoms with E-state index < -0.39 is 0 Å². The molecule has 58 heavy (non-hydrogen) atoms. The molecule has 2 nitrogen and oxygen atoms in total. The highest BCUT2D eigenvalue weighted by Gasteiger charge is 2.42. The van der Waals surface area contributed by atoms with Gasteiger partial charge in [-0.2, -0.15) is 0 Å². The van der Waals surface area contributed by atoms with Crippen LogP contribution >= 0.6 is 0 Å². The van der Waals surface area contributed by atoms with Gasteiger partial charge in [-0.3, -0.25) is 0 Å². The van der Waals surface area contributed by atoms with Crippen molar-refractivity contribution in [2.75, 3.05) is 4.90 Å². The van der Waals surface area contributed by atoms with Crippen LogP contribution in [0.4, 0.5) is 17.1 Å². The smallest absolute Gasteiger partial charge is 0.137 e. The van der Waals surface area contributed by atoms with Crippen molar-refractivity contribution in [1.29, 1.82) is 0 Å². The molecule has 2 aliphatic rings. The maximum absolute atomic E-state index is 6.50. The zero-order valence-corrected chi connectivity index (χ0v) is 35.6. The van der Waals surface area contributed by atoms with E-state index >= 15 is 0 Å². The van der Waals surface area contributed by atoms with Crippen LogP contribution in [0.15, 0.2) is 144 Å². The lowest BCUT2D eigenvalue weighted by Crippen LogP contribution is -2.24. The highest BCUT2D eigenvalue weighted by Crippen LogP contribution is 2.56. The fraction of sp³-hybridized carbons (Fsp3) is 0.250. The molecule has 8 aromatic rings. The normalized spacial score (nSPS) is 15.0. The van der Waals surface area contributed by atoms with Gasteiger partial charge in [-0.25, -0.2) is 0 Å². The minimum Gasteiger partial charge on any atom is -0.456 e. The lowest BCUT2D eigenvalue weighted by atomic mass is 9.71. The zero-order chi connectivity index (χ0) is 40.5. The molecule has 2 heteroatoms. The van der Waals surface area contributed by atoms with Crippen LogP contribution in [-0.4, -0.2) is 0 Å². The number of hydrogen-bond donors (Lipinski definition) is 0. The molecule has 0 aliphatic heterocycles. The van der Waals surface area contributed by atoms with E-state index in [1.54, 1.807) is 0 Å². The van der Waals surface area contributed by atoms with Gasteiger partial charge in [-0.1, -0.05) is 160 Å². The third-order valence-corrected chi connectivity index (χ3v) is 13.3. The summed E-state index contributed by atoms with van der Waals surface area (Å²) in [6.07, 6.45) is 0.